The quantitative estimate of drug-likeness (QED) is 0.716. The van der Waals surface area contributed by atoms with Crippen LogP contribution in [-0.2, 0) is 4.74 Å². The van der Waals surface area contributed by atoms with Crippen LogP contribution in [0.5, 0.6) is 0 Å². The number of aliphatic hydroxyl groups excluding tert-OH is 1. The van der Waals surface area contributed by atoms with Crippen molar-refractivity contribution in [1.29, 1.82) is 0 Å². The van der Waals surface area contributed by atoms with Crippen molar-refractivity contribution in [3.8, 4) is 0 Å². The smallest absolute Gasteiger partial charge is 0.0619 e. The minimum Gasteiger partial charge on any atom is -0.393 e. The highest BCUT2D eigenvalue weighted by molar-refractivity contribution is 4.82. The molecule has 1 saturated carbocycles. The van der Waals surface area contributed by atoms with Crippen molar-refractivity contribution in [1.82, 2.24) is 4.90 Å². The number of rotatable bonds is 2. The molecule has 0 aromatic heterocycles. The number of hydrogen-bond acceptors (Lipinski definition) is 3. The number of nitrogens with zero attached hydrogens (tertiary/aromatic N) is 1. The lowest BCUT2D eigenvalue weighted by molar-refractivity contribution is -0.0162. The topological polar surface area (TPSA) is 32.7 Å². The summed E-state index contributed by atoms with van der Waals surface area (Å²) in [5.41, 5.74) is 0. The van der Waals surface area contributed by atoms with Crippen LogP contribution < -0.4 is 0 Å². The van der Waals surface area contributed by atoms with E-state index in [9.17, 15) is 5.11 Å². The van der Waals surface area contributed by atoms with Crippen molar-refractivity contribution in [2.45, 2.75) is 38.3 Å². The van der Waals surface area contributed by atoms with Crippen LogP contribution in [0.2, 0.25) is 0 Å². The average Bonchev–Trinajstić information content (AvgIpc) is 2.56. The zero-order valence-electron chi connectivity index (χ0n) is 8.98. The highest BCUT2D eigenvalue weighted by atomic mass is 16.5. The molecule has 1 heterocycles. The van der Waals surface area contributed by atoms with Gasteiger partial charge in [-0.2, -0.15) is 0 Å². The second-order valence-electron chi connectivity index (χ2n) is 4.68. The van der Waals surface area contributed by atoms with E-state index < -0.39 is 0 Å². The molecule has 2 fully saturated rings. The maximum absolute atomic E-state index is 9.75. The van der Waals surface area contributed by atoms with Crippen molar-refractivity contribution in [2.75, 3.05) is 26.3 Å². The first-order chi connectivity index (χ1) is 6.77. The van der Waals surface area contributed by atoms with E-state index in [0.29, 0.717) is 12.0 Å². The molecule has 0 bridgehead atoms. The van der Waals surface area contributed by atoms with Gasteiger partial charge in [0.05, 0.1) is 19.3 Å². The van der Waals surface area contributed by atoms with E-state index in [1.165, 1.54) is 12.8 Å². The average molecular weight is 199 g/mol. The Morgan fingerprint density at radius 1 is 1.43 bits per heavy atom. The number of hydrogen-bond donors (Lipinski definition) is 1. The highest BCUT2D eigenvalue weighted by Gasteiger charge is 2.29. The lowest BCUT2D eigenvalue weighted by Crippen LogP contribution is -2.46. The lowest BCUT2D eigenvalue weighted by Gasteiger charge is -2.35. The maximum Gasteiger partial charge on any atom is 0.0619 e. The summed E-state index contributed by atoms with van der Waals surface area (Å²) in [6, 6.07) is 0.525. The van der Waals surface area contributed by atoms with Crippen LogP contribution in [0.25, 0.3) is 0 Å². The third-order valence-electron chi connectivity index (χ3n) is 3.59. The lowest BCUT2D eigenvalue weighted by atomic mass is 10.0. The summed E-state index contributed by atoms with van der Waals surface area (Å²) in [4.78, 5) is 2.46. The third kappa shape index (κ3) is 2.27. The molecule has 1 aliphatic heterocycles. The Hall–Kier alpha value is -0.120. The summed E-state index contributed by atoms with van der Waals surface area (Å²) in [5.74, 6) is 0.510. The minimum absolute atomic E-state index is 0.0509. The first-order valence-corrected chi connectivity index (χ1v) is 5.77. The van der Waals surface area contributed by atoms with Gasteiger partial charge in [0, 0.05) is 19.1 Å². The number of aliphatic hydroxyl groups is 1. The fraction of sp³-hybridized carbons (Fsp3) is 1.00. The van der Waals surface area contributed by atoms with Crippen molar-refractivity contribution in [3.63, 3.8) is 0 Å². The molecule has 2 rings (SSSR count). The van der Waals surface area contributed by atoms with Gasteiger partial charge in [-0.1, -0.05) is 6.42 Å². The van der Waals surface area contributed by atoms with Crippen LogP contribution in [0.15, 0.2) is 0 Å². The van der Waals surface area contributed by atoms with Crippen LogP contribution in [0.1, 0.15) is 26.2 Å². The van der Waals surface area contributed by atoms with Gasteiger partial charge in [-0.25, -0.2) is 0 Å². The van der Waals surface area contributed by atoms with E-state index in [0.717, 1.165) is 32.7 Å². The Morgan fingerprint density at radius 2 is 2.29 bits per heavy atom. The molecule has 1 aliphatic carbocycles. The van der Waals surface area contributed by atoms with Gasteiger partial charge in [0.2, 0.25) is 0 Å². The van der Waals surface area contributed by atoms with Crippen LogP contribution >= 0.6 is 0 Å². The fourth-order valence-electron chi connectivity index (χ4n) is 2.56. The first-order valence-electron chi connectivity index (χ1n) is 5.77. The second kappa shape index (κ2) is 4.60. The van der Waals surface area contributed by atoms with E-state index >= 15 is 0 Å². The van der Waals surface area contributed by atoms with Gasteiger partial charge in [0.15, 0.2) is 0 Å². The van der Waals surface area contributed by atoms with Gasteiger partial charge in [0.25, 0.3) is 0 Å². The molecule has 3 unspecified atom stereocenters. The molecule has 2 aliphatic rings. The molecule has 0 aromatic carbocycles. The number of morpholine rings is 1. The van der Waals surface area contributed by atoms with Gasteiger partial charge in [-0.3, -0.25) is 4.90 Å². The molecule has 14 heavy (non-hydrogen) atoms. The molecular weight excluding hydrogens is 178 g/mol. The van der Waals surface area contributed by atoms with Crippen molar-refractivity contribution in [2.24, 2.45) is 5.92 Å². The molecule has 0 amide bonds. The van der Waals surface area contributed by atoms with Gasteiger partial charge >= 0.3 is 0 Å². The maximum atomic E-state index is 9.75. The molecule has 1 N–H and O–H groups in total. The zero-order valence-corrected chi connectivity index (χ0v) is 8.98. The van der Waals surface area contributed by atoms with Crippen LogP contribution in [0, 0.1) is 5.92 Å². The Bertz CT molecular complexity index is 186. The van der Waals surface area contributed by atoms with Gasteiger partial charge < -0.3 is 9.84 Å². The summed E-state index contributed by atoms with van der Waals surface area (Å²) in [7, 11) is 0. The van der Waals surface area contributed by atoms with Gasteiger partial charge in [-0.15, -0.1) is 0 Å². The van der Waals surface area contributed by atoms with Crippen molar-refractivity contribution < 1.29 is 9.84 Å². The monoisotopic (exact) mass is 199 g/mol. The van der Waals surface area contributed by atoms with E-state index in [2.05, 4.69) is 11.8 Å². The Kier molecular flexibility index (Phi) is 3.42. The number of ether oxygens (including phenoxy) is 1. The van der Waals surface area contributed by atoms with Crippen molar-refractivity contribution in [3.05, 3.63) is 0 Å². The predicted octanol–water partition coefficient (Wildman–Crippen LogP) is 0.868. The zero-order chi connectivity index (χ0) is 9.97. The van der Waals surface area contributed by atoms with Gasteiger partial charge in [-0.05, 0) is 25.7 Å². The minimum atomic E-state index is -0.0509. The first kappa shape index (κ1) is 10.4. The Labute approximate surface area is 86.0 Å². The van der Waals surface area contributed by atoms with Crippen LogP contribution in [-0.4, -0.2) is 48.5 Å². The molecule has 0 radical (unpaired) electrons. The highest BCUT2D eigenvalue weighted by Crippen LogP contribution is 2.27. The van der Waals surface area contributed by atoms with Gasteiger partial charge in [0.1, 0.15) is 0 Å². The molecule has 82 valence electrons. The SMILES string of the molecule is CC1COCCN1CC1CCCC1O. The third-order valence-corrected chi connectivity index (χ3v) is 3.59. The summed E-state index contributed by atoms with van der Waals surface area (Å²) in [6.07, 6.45) is 3.35. The summed E-state index contributed by atoms with van der Waals surface area (Å²) in [6.45, 7) is 6.01. The normalized spacial score (nSPS) is 40.3. The summed E-state index contributed by atoms with van der Waals surface area (Å²) in [5, 5.41) is 9.75. The molecule has 1 saturated heterocycles. The Morgan fingerprint density at radius 3 is 2.93 bits per heavy atom. The molecule has 0 spiro atoms. The van der Waals surface area contributed by atoms with E-state index in [4.69, 9.17) is 4.74 Å². The fourth-order valence-corrected chi connectivity index (χ4v) is 2.56. The van der Waals surface area contributed by atoms with Crippen molar-refractivity contribution >= 4 is 0 Å². The summed E-state index contributed by atoms with van der Waals surface area (Å²) >= 11 is 0. The van der Waals surface area contributed by atoms with Crippen LogP contribution in [0.4, 0.5) is 0 Å². The standard InChI is InChI=1S/C11H21NO2/c1-9-8-14-6-5-12(9)7-10-3-2-4-11(10)13/h9-11,13H,2-8H2,1H3. The second-order valence-corrected chi connectivity index (χ2v) is 4.68. The predicted molar refractivity (Wildman–Crippen MR) is 55.2 cm³/mol. The molecule has 3 nitrogen and oxygen atoms in total. The van der Waals surface area contributed by atoms with E-state index in [-0.39, 0.29) is 6.10 Å². The molecule has 0 aromatic rings. The van der Waals surface area contributed by atoms with E-state index in [1.807, 2.05) is 0 Å². The molecule has 3 heteroatoms. The molecule has 3 atom stereocenters. The largest absolute Gasteiger partial charge is 0.393 e. The molecular formula is C11H21NO2. The van der Waals surface area contributed by atoms with Crippen LogP contribution in [0.3, 0.4) is 0 Å². The Balaban J connectivity index is 1.83. The summed E-state index contributed by atoms with van der Waals surface area (Å²) < 4.78 is 5.40. The van der Waals surface area contributed by atoms with E-state index in [1.54, 1.807) is 0 Å².